The van der Waals surface area contributed by atoms with Crippen molar-refractivity contribution >= 4 is 17.0 Å². The lowest BCUT2D eigenvalue weighted by molar-refractivity contribution is 1.17. The highest BCUT2D eigenvalue weighted by molar-refractivity contribution is 7.16. The van der Waals surface area contributed by atoms with Crippen LogP contribution in [-0.4, -0.2) is 9.38 Å². The molecule has 3 aromatic heterocycles. The summed E-state index contributed by atoms with van der Waals surface area (Å²) in [5.41, 5.74) is 6.46. The summed E-state index contributed by atoms with van der Waals surface area (Å²) < 4.78 is 2.19. The van der Waals surface area contributed by atoms with Crippen LogP contribution in [0.15, 0.2) is 91.1 Å². The molecule has 0 amide bonds. The molecule has 3 heterocycles. The molecule has 0 saturated heterocycles. The van der Waals surface area contributed by atoms with E-state index in [2.05, 4.69) is 77.9 Å². The Morgan fingerprint density at radius 1 is 0.793 bits per heavy atom. The maximum Gasteiger partial charge on any atom is 0.140 e. The zero-order chi connectivity index (χ0) is 19.6. The minimum Gasteiger partial charge on any atom is -0.299 e. The first-order valence-corrected chi connectivity index (χ1v) is 10.3. The van der Waals surface area contributed by atoms with Crippen LogP contribution in [0.3, 0.4) is 0 Å². The van der Waals surface area contributed by atoms with Gasteiger partial charge in [0.05, 0.1) is 15.4 Å². The molecule has 3 heteroatoms. The van der Waals surface area contributed by atoms with Gasteiger partial charge in [-0.05, 0) is 42.8 Å². The van der Waals surface area contributed by atoms with Crippen LogP contribution in [-0.2, 0) is 0 Å². The third kappa shape index (κ3) is 3.35. The molecule has 0 aliphatic heterocycles. The fourth-order valence-electron chi connectivity index (χ4n) is 3.44. The second kappa shape index (κ2) is 7.43. The topological polar surface area (TPSA) is 17.3 Å². The minimum absolute atomic E-state index is 0.992. The molecule has 0 atom stereocenters. The second-order valence-electron chi connectivity index (χ2n) is 6.84. The molecular weight excluding hydrogens is 372 g/mol. The molecule has 0 spiro atoms. The van der Waals surface area contributed by atoms with Gasteiger partial charge in [0.1, 0.15) is 11.3 Å². The molecule has 2 nitrogen and oxygen atoms in total. The molecule has 0 N–H and O–H groups in total. The van der Waals surface area contributed by atoms with Gasteiger partial charge < -0.3 is 0 Å². The van der Waals surface area contributed by atoms with Gasteiger partial charge in [-0.25, -0.2) is 4.98 Å². The minimum atomic E-state index is 0.992. The fourth-order valence-corrected chi connectivity index (χ4v) is 4.29. The van der Waals surface area contributed by atoms with E-state index < -0.39 is 0 Å². The number of thiophene rings is 1. The normalized spacial score (nSPS) is 10.7. The van der Waals surface area contributed by atoms with Crippen LogP contribution >= 0.6 is 11.3 Å². The number of nitrogens with zero attached hydrogens (tertiary/aromatic N) is 2. The largest absolute Gasteiger partial charge is 0.299 e. The summed E-state index contributed by atoms with van der Waals surface area (Å²) in [5, 5.41) is 0. The van der Waals surface area contributed by atoms with E-state index >= 15 is 0 Å². The Balaban J connectivity index is 1.64. The first kappa shape index (κ1) is 17.5. The standard InChI is InChI=1S/C26H18N2S/c1-19-9-8-18-28-25(21-12-6-3-7-13-21)24(27-26(19)28)23-17-16-22(29-23)15-14-20-10-4-2-5-11-20/h2-13,16-18H,1H3. The number of hydrogen-bond acceptors (Lipinski definition) is 2. The Kier molecular flexibility index (Phi) is 4.48. The Morgan fingerprint density at radius 3 is 2.34 bits per heavy atom. The van der Waals surface area contributed by atoms with E-state index in [0.29, 0.717) is 0 Å². The van der Waals surface area contributed by atoms with Gasteiger partial charge >= 0.3 is 0 Å². The number of rotatable bonds is 2. The summed E-state index contributed by atoms with van der Waals surface area (Å²) >= 11 is 1.69. The zero-order valence-electron chi connectivity index (χ0n) is 16.0. The van der Waals surface area contributed by atoms with Crippen molar-refractivity contribution in [2.75, 3.05) is 0 Å². The number of benzene rings is 2. The van der Waals surface area contributed by atoms with Crippen molar-refractivity contribution in [2.45, 2.75) is 6.92 Å². The summed E-state index contributed by atoms with van der Waals surface area (Å²) in [6.45, 7) is 2.10. The van der Waals surface area contributed by atoms with Crippen LogP contribution in [0.1, 0.15) is 16.0 Å². The molecular formula is C26H18N2S. The van der Waals surface area contributed by atoms with Crippen LogP contribution in [0.5, 0.6) is 0 Å². The number of aryl methyl sites for hydroxylation is 1. The van der Waals surface area contributed by atoms with Crippen LogP contribution in [0.2, 0.25) is 0 Å². The molecule has 29 heavy (non-hydrogen) atoms. The van der Waals surface area contributed by atoms with E-state index in [1.807, 2.05) is 36.4 Å². The number of aromatic nitrogens is 2. The highest BCUT2D eigenvalue weighted by Crippen LogP contribution is 2.36. The summed E-state index contributed by atoms with van der Waals surface area (Å²) in [4.78, 5) is 7.18. The molecule has 0 aliphatic carbocycles. The molecule has 5 aromatic rings. The molecule has 0 saturated carbocycles. The van der Waals surface area contributed by atoms with Gasteiger partial charge in [0.2, 0.25) is 0 Å². The summed E-state index contributed by atoms with van der Waals surface area (Å²) in [7, 11) is 0. The lowest BCUT2D eigenvalue weighted by Crippen LogP contribution is -1.90. The molecule has 0 bridgehead atoms. The van der Waals surface area contributed by atoms with Crippen molar-refractivity contribution < 1.29 is 0 Å². The molecule has 0 aliphatic rings. The van der Waals surface area contributed by atoms with Crippen LogP contribution < -0.4 is 0 Å². The molecule has 0 fully saturated rings. The Bertz CT molecular complexity index is 1350. The van der Waals surface area contributed by atoms with Crippen molar-refractivity contribution in [3.05, 3.63) is 107 Å². The average molecular weight is 391 g/mol. The van der Waals surface area contributed by atoms with E-state index in [-0.39, 0.29) is 0 Å². The number of hydrogen-bond donors (Lipinski definition) is 0. The number of fused-ring (bicyclic) bond motifs is 1. The maximum absolute atomic E-state index is 5.02. The van der Waals surface area contributed by atoms with Gasteiger partial charge in [-0.15, -0.1) is 11.3 Å². The third-order valence-corrected chi connectivity index (χ3v) is 5.84. The zero-order valence-corrected chi connectivity index (χ0v) is 16.8. The highest BCUT2D eigenvalue weighted by atomic mass is 32.1. The van der Waals surface area contributed by atoms with Crippen molar-refractivity contribution in [3.63, 3.8) is 0 Å². The van der Waals surface area contributed by atoms with Crippen molar-refractivity contribution in [2.24, 2.45) is 0 Å². The van der Waals surface area contributed by atoms with Gasteiger partial charge in [0, 0.05) is 17.3 Å². The van der Waals surface area contributed by atoms with E-state index in [1.165, 1.54) is 0 Å². The second-order valence-corrected chi connectivity index (χ2v) is 7.92. The fraction of sp³-hybridized carbons (Fsp3) is 0.0385. The highest BCUT2D eigenvalue weighted by Gasteiger charge is 2.18. The summed E-state index contributed by atoms with van der Waals surface area (Å²) in [6, 6.07) is 28.9. The molecule has 2 aromatic carbocycles. The Morgan fingerprint density at radius 2 is 1.55 bits per heavy atom. The van der Waals surface area contributed by atoms with Gasteiger partial charge in [-0.1, -0.05) is 66.4 Å². The molecule has 0 radical (unpaired) electrons. The van der Waals surface area contributed by atoms with Crippen molar-refractivity contribution in [1.82, 2.24) is 9.38 Å². The van der Waals surface area contributed by atoms with Crippen molar-refractivity contribution in [3.8, 4) is 33.7 Å². The smallest absolute Gasteiger partial charge is 0.140 e. The summed E-state index contributed by atoms with van der Waals surface area (Å²) in [6.07, 6.45) is 2.09. The average Bonchev–Trinajstić information content (AvgIpc) is 3.39. The first-order valence-electron chi connectivity index (χ1n) is 9.50. The van der Waals surface area contributed by atoms with Crippen LogP contribution in [0.25, 0.3) is 27.5 Å². The van der Waals surface area contributed by atoms with Crippen LogP contribution in [0, 0.1) is 18.8 Å². The quantitative estimate of drug-likeness (QED) is 0.317. The van der Waals surface area contributed by atoms with E-state index in [4.69, 9.17) is 4.98 Å². The SMILES string of the molecule is Cc1cccn2c(-c3ccccc3)c(-c3ccc(C#Cc4ccccc4)s3)nc12. The number of pyridine rings is 1. The van der Waals surface area contributed by atoms with E-state index in [9.17, 15) is 0 Å². The van der Waals surface area contributed by atoms with Gasteiger partial charge in [0.25, 0.3) is 0 Å². The molecule has 5 rings (SSSR count). The first-order chi connectivity index (χ1) is 14.3. The van der Waals surface area contributed by atoms with Gasteiger partial charge in [-0.3, -0.25) is 4.40 Å². The Hall–Kier alpha value is -3.61. The molecule has 138 valence electrons. The van der Waals surface area contributed by atoms with Crippen LogP contribution in [0.4, 0.5) is 0 Å². The summed E-state index contributed by atoms with van der Waals surface area (Å²) in [5.74, 6) is 6.53. The predicted molar refractivity (Wildman–Crippen MR) is 121 cm³/mol. The van der Waals surface area contributed by atoms with Gasteiger partial charge in [0.15, 0.2) is 0 Å². The lowest BCUT2D eigenvalue weighted by atomic mass is 10.1. The van der Waals surface area contributed by atoms with Gasteiger partial charge in [-0.2, -0.15) is 0 Å². The Labute approximate surface area is 174 Å². The lowest BCUT2D eigenvalue weighted by Gasteiger charge is -2.05. The van der Waals surface area contributed by atoms with E-state index in [1.54, 1.807) is 11.3 Å². The molecule has 0 unspecified atom stereocenters. The third-order valence-electron chi connectivity index (χ3n) is 4.84. The number of imidazole rings is 1. The predicted octanol–water partition coefficient (Wildman–Crippen LogP) is 6.44. The van der Waals surface area contributed by atoms with Crippen molar-refractivity contribution in [1.29, 1.82) is 0 Å². The monoisotopic (exact) mass is 390 g/mol. The maximum atomic E-state index is 5.02. The van der Waals surface area contributed by atoms with E-state index in [0.717, 1.165) is 43.5 Å².